The Labute approximate surface area is 132 Å². The minimum atomic E-state index is -3.25. The summed E-state index contributed by atoms with van der Waals surface area (Å²) in [6, 6.07) is 6.97. The molecule has 22 heavy (non-hydrogen) atoms. The summed E-state index contributed by atoms with van der Waals surface area (Å²) in [4.78, 5) is 12.2. The molecule has 0 aromatic heterocycles. The number of carbonyl (C=O) groups is 1. The fourth-order valence-electron chi connectivity index (χ4n) is 2.69. The Bertz CT molecular complexity index is 628. The predicted octanol–water partition coefficient (Wildman–Crippen LogP) is 2.54. The Balaban J connectivity index is 2.18. The average Bonchev–Trinajstić information content (AvgIpc) is 2.47. The average molecular weight is 324 g/mol. The van der Waals surface area contributed by atoms with Gasteiger partial charge in [0.05, 0.1) is 11.4 Å². The topological polar surface area (TPSA) is 66.5 Å². The van der Waals surface area contributed by atoms with E-state index >= 15 is 0 Å². The standard InChI is InChI=1S/C16H24N2O3S/c1-3-7-13(2)17-16(19)14-8-6-9-15(12-14)18-10-4-5-11-22(18,20)21/h6,8-9,12-13H,3-5,7,10-11H2,1-2H3,(H,17,19)/t13-/m1/s1. The molecule has 2 rings (SSSR count). The first-order chi connectivity index (χ1) is 10.4. The number of hydrogen-bond donors (Lipinski definition) is 1. The Kier molecular flexibility index (Phi) is 5.45. The van der Waals surface area contributed by atoms with Crippen LogP contribution in [0.2, 0.25) is 0 Å². The molecule has 122 valence electrons. The molecule has 0 unspecified atom stereocenters. The van der Waals surface area contributed by atoms with Crippen LogP contribution in [0.15, 0.2) is 24.3 Å². The van der Waals surface area contributed by atoms with Gasteiger partial charge in [-0.05, 0) is 44.4 Å². The zero-order chi connectivity index (χ0) is 16.2. The van der Waals surface area contributed by atoms with Crippen LogP contribution in [-0.4, -0.2) is 32.7 Å². The van der Waals surface area contributed by atoms with E-state index in [0.717, 1.165) is 19.3 Å². The second-order valence-corrected chi connectivity index (χ2v) is 7.82. The second kappa shape index (κ2) is 7.13. The van der Waals surface area contributed by atoms with E-state index in [-0.39, 0.29) is 17.7 Å². The Morgan fingerprint density at radius 2 is 2.14 bits per heavy atom. The zero-order valence-corrected chi connectivity index (χ0v) is 14.0. The third-order valence-electron chi connectivity index (χ3n) is 3.84. The van der Waals surface area contributed by atoms with Crippen LogP contribution in [0, 0.1) is 0 Å². The second-order valence-electron chi connectivity index (χ2n) is 5.81. The van der Waals surface area contributed by atoms with Gasteiger partial charge in [-0.2, -0.15) is 0 Å². The van der Waals surface area contributed by atoms with Crippen LogP contribution in [0.25, 0.3) is 0 Å². The smallest absolute Gasteiger partial charge is 0.251 e. The van der Waals surface area contributed by atoms with Crippen molar-refractivity contribution in [1.82, 2.24) is 5.32 Å². The highest BCUT2D eigenvalue weighted by Gasteiger charge is 2.26. The highest BCUT2D eigenvalue weighted by Crippen LogP contribution is 2.24. The number of sulfonamides is 1. The number of rotatable bonds is 5. The number of hydrogen-bond acceptors (Lipinski definition) is 3. The van der Waals surface area contributed by atoms with Crippen molar-refractivity contribution >= 4 is 21.6 Å². The van der Waals surface area contributed by atoms with E-state index in [1.807, 2.05) is 6.92 Å². The van der Waals surface area contributed by atoms with Crippen molar-refractivity contribution < 1.29 is 13.2 Å². The number of benzene rings is 1. The van der Waals surface area contributed by atoms with Crippen molar-refractivity contribution in [2.75, 3.05) is 16.6 Å². The van der Waals surface area contributed by atoms with Crippen LogP contribution >= 0.6 is 0 Å². The number of anilines is 1. The summed E-state index contributed by atoms with van der Waals surface area (Å²) in [7, 11) is -3.25. The van der Waals surface area contributed by atoms with E-state index in [9.17, 15) is 13.2 Å². The van der Waals surface area contributed by atoms with Crippen molar-refractivity contribution in [2.45, 2.75) is 45.6 Å². The Morgan fingerprint density at radius 1 is 1.36 bits per heavy atom. The molecule has 5 nitrogen and oxygen atoms in total. The first kappa shape index (κ1) is 16.8. The Morgan fingerprint density at radius 3 is 2.82 bits per heavy atom. The molecule has 1 aliphatic heterocycles. The van der Waals surface area contributed by atoms with Crippen LogP contribution in [0.4, 0.5) is 5.69 Å². The van der Waals surface area contributed by atoms with Gasteiger partial charge < -0.3 is 5.32 Å². The normalized spacial score (nSPS) is 18.7. The van der Waals surface area contributed by atoms with Gasteiger partial charge in [0.25, 0.3) is 5.91 Å². The van der Waals surface area contributed by atoms with E-state index < -0.39 is 10.0 Å². The van der Waals surface area contributed by atoms with Gasteiger partial charge in [0, 0.05) is 18.2 Å². The summed E-state index contributed by atoms with van der Waals surface area (Å²) < 4.78 is 25.7. The summed E-state index contributed by atoms with van der Waals surface area (Å²) in [6.45, 7) is 4.53. The predicted molar refractivity (Wildman–Crippen MR) is 88.6 cm³/mol. The zero-order valence-electron chi connectivity index (χ0n) is 13.2. The van der Waals surface area contributed by atoms with Crippen LogP contribution in [0.1, 0.15) is 49.9 Å². The lowest BCUT2D eigenvalue weighted by Crippen LogP contribution is -2.38. The summed E-state index contributed by atoms with van der Waals surface area (Å²) in [6.07, 6.45) is 3.48. The SMILES string of the molecule is CCC[C@@H](C)NC(=O)c1cccc(N2CCCCS2(=O)=O)c1. The Hall–Kier alpha value is -1.56. The molecule has 0 spiro atoms. The maximum absolute atomic E-state index is 12.2. The summed E-state index contributed by atoms with van der Waals surface area (Å²) in [5.74, 6) is 0.0222. The van der Waals surface area contributed by atoms with Gasteiger partial charge in [0.1, 0.15) is 0 Å². The summed E-state index contributed by atoms with van der Waals surface area (Å²) >= 11 is 0. The van der Waals surface area contributed by atoms with Gasteiger partial charge in [0.15, 0.2) is 0 Å². The maximum Gasteiger partial charge on any atom is 0.251 e. The lowest BCUT2D eigenvalue weighted by atomic mass is 10.1. The summed E-state index contributed by atoms with van der Waals surface area (Å²) in [5, 5.41) is 2.94. The number of amides is 1. The minimum Gasteiger partial charge on any atom is -0.350 e. The maximum atomic E-state index is 12.2. The molecule has 6 heteroatoms. The first-order valence-corrected chi connectivity index (χ1v) is 9.46. The number of nitrogens with zero attached hydrogens (tertiary/aromatic N) is 1. The molecule has 1 saturated heterocycles. The molecule has 1 aromatic carbocycles. The highest BCUT2D eigenvalue weighted by molar-refractivity contribution is 7.92. The lowest BCUT2D eigenvalue weighted by Gasteiger charge is -2.28. The molecule has 1 atom stereocenters. The fourth-order valence-corrected chi connectivity index (χ4v) is 4.32. The van der Waals surface area contributed by atoms with Crippen molar-refractivity contribution in [1.29, 1.82) is 0 Å². The molecule has 1 aliphatic rings. The molecule has 1 fully saturated rings. The fraction of sp³-hybridized carbons (Fsp3) is 0.562. The highest BCUT2D eigenvalue weighted by atomic mass is 32.2. The van der Waals surface area contributed by atoms with Gasteiger partial charge >= 0.3 is 0 Å². The van der Waals surface area contributed by atoms with Crippen LogP contribution in [-0.2, 0) is 10.0 Å². The summed E-state index contributed by atoms with van der Waals surface area (Å²) in [5.41, 5.74) is 1.08. The molecule has 1 N–H and O–H groups in total. The quantitative estimate of drug-likeness (QED) is 0.905. The van der Waals surface area contributed by atoms with Crippen molar-refractivity contribution in [3.63, 3.8) is 0 Å². The van der Waals surface area contributed by atoms with Crippen LogP contribution in [0.3, 0.4) is 0 Å². The molecule has 1 aromatic rings. The molecule has 0 radical (unpaired) electrons. The van der Waals surface area contributed by atoms with E-state index in [1.54, 1.807) is 24.3 Å². The van der Waals surface area contributed by atoms with Crippen molar-refractivity contribution in [3.8, 4) is 0 Å². The minimum absolute atomic E-state index is 0.111. The van der Waals surface area contributed by atoms with Crippen molar-refractivity contribution in [3.05, 3.63) is 29.8 Å². The molecule has 0 bridgehead atoms. The van der Waals surface area contributed by atoms with Gasteiger partial charge in [-0.3, -0.25) is 9.10 Å². The van der Waals surface area contributed by atoms with E-state index in [0.29, 0.717) is 24.2 Å². The molecular weight excluding hydrogens is 300 g/mol. The van der Waals surface area contributed by atoms with Gasteiger partial charge in [-0.25, -0.2) is 8.42 Å². The first-order valence-electron chi connectivity index (χ1n) is 7.85. The van der Waals surface area contributed by atoms with E-state index in [2.05, 4.69) is 12.2 Å². The lowest BCUT2D eigenvalue weighted by molar-refractivity contribution is 0.0938. The molecule has 1 heterocycles. The van der Waals surface area contributed by atoms with Gasteiger partial charge in [-0.15, -0.1) is 0 Å². The van der Waals surface area contributed by atoms with Crippen LogP contribution < -0.4 is 9.62 Å². The van der Waals surface area contributed by atoms with E-state index in [4.69, 9.17) is 0 Å². The van der Waals surface area contributed by atoms with Gasteiger partial charge in [0.2, 0.25) is 10.0 Å². The molecular formula is C16H24N2O3S. The molecule has 0 aliphatic carbocycles. The molecule has 1 amide bonds. The monoisotopic (exact) mass is 324 g/mol. The van der Waals surface area contributed by atoms with E-state index in [1.165, 1.54) is 4.31 Å². The third kappa shape index (κ3) is 4.00. The number of nitrogens with one attached hydrogen (secondary N) is 1. The van der Waals surface area contributed by atoms with Crippen molar-refractivity contribution in [2.24, 2.45) is 0 Å². The third-order valence-corrected chi connectivity index (χ3v) is 5.71. The number of carbonyl (C=O) groups excluding carboxylic acids is 1. The molecule has 0 saturated carbocycles. The van der Waals surface area contributed by atoms with Gasteiger partial charge in [-0.1, -0.05) is 19.4 Å². The largest absolute Gasteiger partial charge is 0.350 e. The van der Waals surface area contributed by atoms with Crippen LogP contribution in [0.5, 0.6) is 0 Å².